The largest absolute Gasteiger partial charge is 0.492 e. The average molecular weight is 565 g/mol. The molecule has 0 saturated carbocycles. The standard InChI is InChI=1S/C29H28N2O4S3/c1-3-35-27-15-9-8-14-26(27)31(38(33,34)24-19-17-22(36-2)18-20-24)21-29(32)30-25-13-7-10-16-28(25)37-23-11-5-4-6-12-23/h4-20H,3,21H2,1-2H3,(H,30,32). The summed E-state index contributed by atoms with van der Waals surface area (Å²) < 4.78 is 34.6. The minimum atomic E-state index is -4.09. The van der Waals surface area contributed by atoms with E-state index in [0.717, 1.165) is 19.0 Å². The van der Waals surface area contributed by atoms with Crippen molar-refractivity contribution in [3.8, 4) is 5.75 Å². The van der Waals surface area contributed by atoms with Crippen molar-refractivity contribution in [2.24, 2.45) is 0 Å². The Morgan fingerprint density at radius 2 is 1.50 bits per heavy atom. The molecule has 4 aromatic rings. The predicted octanol–water partition coefficient (Wildman–Crippen LogP) is 6.79. The third-order valence-corrected chi connectivity index (χ3v) is 9.10. The molecule has 0 aliphatic rings. The van der Waals surface area contributed by atoms with Gasteiger partial charge in [-0.25, -0.2) is 8.42 Å². The first-order valence-electron chi connectivity index (χ1n) is 11.9. The number of benzene rings is 4. The van der Waals surface area contributed by atoms with Gasteiger partial charge in [0.15, 0.2) is 0 Å². The van der Waals surface area contributed by atoms with Crippen molar-refractivity contribution in [3.05, 3.63) is 103 Å². The number of amides is 1. The summed E-state index contributed by atoms with van der Waals surface area (Å²) in [4.78, 5) is 16.3. The topological polar surface area (TPSA) is 75.7 Å². The summed E-state index contributed by atoms with van der Waals surface area (Å²) in [7, 11) is -4.09. The SMILES string of the molecule is CCOc1ccccc1N(CC(=O)Nc1ccccc1Sc1ccccc1)S(=O)(=O)c1ccc(SC)cc1. The maximum Gasteiger partial charge on any atom is 0.264 e. The van der Waals surface area contributed by atoms with Crippen molar-refractivity contribution in [2.45, 2.75) is 26.5 Å². The van der Waals surface area contributed by atoms with Gasteiger partial charge in [0.05, 0.1) is 22.9 Å². The molecule has 0 spiro atoms. The van der Waals surface area contributed by atoms with Crippen molar-refractivity contribution in [1.82, 2.24) is 0 Å². The van der Waals surface area contributed by atoms with Gasteiger partial charge in [-0.1, -0.05) is 54.2 Å². The second-order valence-electron chi connectivity index (χ2n) is 8.05. The van der Waals surface area contributed by atoms with Crippen LogP contribution in [0.3, 0.4) is 0 Å². The van der Waals surface area contributed by atoms with Gasteiger partial charge in [0.2, 0.25) is 5.91 Å². The molecular formula is C29H28N2O4S3. The van der Waals surface area contributed by atoms with Crippen LogP contribution in [0.25, 0.3) is 0 Å². The van der Waals surface area contributed by atoms with Crippen LogP contribution in [0.5, 0.6) is 5.75 Å². The Bertz CT molecular complexity index is 1480. The lowest BCUT2D eigenvalue weighted by atomic mass is 10.3. The number of hydrogen-bond donors (Lipinski definition) is 1. The number of para-hydroxylation sites is 3. The monoisotopic (exact) mass is 564 g/mol. The number of carbonyl (C=O) groups excluding carboxylic acids is 1. The Labute approximate surface area is 232 Å². The fraction of sp³-hybridized carbons (Fsp3) is 0.138. The third kappa shape index (κ3) is 6.72. The number of ether oxygens (including phenoxy) is 1. The van der Waals surface area contributed by atoms with Gasteiger partial charge in [-0.2, -0.15) is 0 Å². The Morgan fingerprint density at radius 3 is 2.21 bits per heavy atom. The van der Waals surface area contributed by atoms with E-state index in [0.29, 0.717) is 23.7 Å². The van der Waals surface area contributed by atoms with E-state index < -0.39 is 22.5 Å². The first-order valence-corrected chi connectivity index (χ1v) is 15.4. The van der Waals surface area contributed by atoms with E-state index >= 15 is 0 Å². The van der Waals surface area contributed by atoms with Gasteiger partial charge in [0.1, 0.15) is 12.3 Å². The van der Waals surface area contributed by atoms with E-state index in [2.05, 4.69) is 5.32 Å². The summed E-state index contributed by atoms with van der Waals surface area (Å²) in [6.45, 7) is 1.75. The fourth-order valence-corrected chi connectivity index (χ4v) is 6.47. The number of nitrogens with one attached hydrogen (secondary N) is 1. The number of rotatable bonds is 11. The maximum atomic E-state index is 13.9. The molecular weight excluding hydrogens is 537 g/mol. The lowest BCUT2D eigenvalue weighted by Gasteiger charge is -2.26. The van der Waals surface area contributed by atoms with Crippen molar-refractivity contribution in [2.75, 3.05) is 29.0 Å². The van der Waals surface area contributed by atoms with Crippen LogP contribution in [-0.4, -0.2) is 33.7 Å². The number of sulfonamides is 1. The van der Waals surface area contributed by atoms with Crippen molar-refractivity contribution in [3.63, 3.8) is 0 Å². The molecule has 0 saturated heterocycles. The highest BCUT2D eigenvalue weighted by molar-refractivity contribution is 7.99. The Hall–Kier alpha value is -3.40. The minimum Gasteiger partial charge on any atom is -0.492 e. The Balaban J connectivity index is 1.66. The summed E-state index contributed by atoms with van der Waals surface area (Å²) in [5, 5.41) is 2.91. The minimum absolute atomic E-state index is 0.0921. The molecule has 0 aliphatic carbocycles. The molecule has 196 valence electrons. The van der Waals surface area contributed by atoms with Crippen molar-refractivity contribution >= 4 is 50.8 Å². The molecule has 1 N–H and O–H groups in total. The normalized spacial score (nSPS) is 11.1. The molecule has 0 aromatic heterocycles. The fourth-order valence-electron chi connectivity index (χ4n) is 3.71. The molecule has 4 aromatic carbocycles. The highest BCUT2D eigenvalue weighted by atomic mass is 32.2. The number of hydrogen-bond acceptors (Lipinski definition) is 6. The van der Waals surface area contributed by atoms with Crippen LogP contribution in [0.4, 0.5) is 11.4 Å². The highest BCUT2D eigenvalue weighted by Gasteiger charge is 2.29. The van der Waals surface area contributed by atoms with Gasteiger partial charge in [0, 0.05) is 14.7 Å². The van der Waals surface area contributed by atoms with Gasteiger partial charge < -0.3 is 10.1 Å². The molecule has 0 bridgehead atoms. The molecule has 0 fully saturated rings. The van der Waals surface area contributed by atoms with E-state index in [9.17, 15) is 13.2 Å². The summed E-state index contributed by atoms with van der Waals surface area (Å²) >= 11 is 3.04. The van der Waals surface area contributed by atoms with E-state index in [1.54, 1.807) is 54.6 Å². The number of anilines is 2. The van der Waals surface area contributed by atoms with Crippen LogP contribution in [0.1, 0.15) is 6.92 Å². The molecule has 0 heterocycles. The van der Waals surface area contributed by atoms with Crippen molar-refractivity contribution in [1.29, 1.82) is 0 Å². The zero-order valence-electron chi connectivity index (χ0n) is 21.0. The van der Waals surface area contributed by atoms with Crippen LogP contribution in [0.2, 0.25) is 0 Å². The van der Waals surface area contributed by atoms with E-state index in [1.165, 1.54) is 23.5 Å². The van der Waals surface area contributed by atoms with E-state index in [-0.39, 0.29) is 4.90 Å². The summed E-state index contributed by atoms with van der Waals surface area (Å²) in [6, 6.07) is 30.7. The summed E-state index contributed by atoms with van der Waals surface area (Å²) in [5.74, 6) is -0.0890. The van der Waals surface area contributed by atoms with Gasteiger partial charge in [0.25, 0.3) is 10.0 Å². The Morgan fingerprint density at radius 1 is 0.842 bits per heavy atom. The van der Waals surface area contributed by atoms with E-state index in [4.69, 9.17) is 4.74 Å². The molecule has 0 aliphatic heterocycles. The second-order valence-corrected chi connectivity index (χ2v) is 11.9. The molecule has 38 heavy (non-hydrogen) atoms. The van der Waals surface area contributed by atoms with Crippen LogP contribution >= 0.6 is 23.5 Å². The predicted molar refractivity (Wildman–Crippen MR) is 156 cm³/mol. The van der Waals surface area contributed by atoms with Crippen LogP contribution in [-0.2, 0) is 14.8 Å². The number of thioether (sulfide) groups is 1. The summed E-state index contributed by atoms with van der Waals surface area (Å²) in [5.41, 5.74) is 0.900. The molecule has 0 radical (unpaired) electrons. The van der Waals surface area contributed by atoms with Gasteiger partial charge in [-0.05, 0) is 73.8 Å². The molecule has 0 unspecified atom stereocenters. The molecule has 6 nitrogen and oxygen atoms in total. The van der Waals surface area contributed by atoms with Crippen LogP contribution in [0, 0.1) is 0 Å². The maximum absolute atomic E-state index is 13.9. The highest BCUT2D eigenvalue weighted by Crippen LogP contribution is 2.35. The zero-order chi connectivity index (χ0) is 27.0. The molecule has 9 heteroatoms. The average Bonchev–Trinajstić information content (AvgIpc) is 2.94. The smallest absolute Gasteiger partial charge is 0.264 e. The number of nitrogens with zero attached hydrogens (tertiary/aromatic N) is 1. The van der Waals surface area contributed by atoms with Gasteiger partial charge >= 0.3 is 0 Å². The van der Waals surface area contributed by atoms with Crippen molar-refractivity contribution < 1.29 is 17.9 Å². The van der Waals surface area contributed by atoms with Gasteiger partial charge in [-0.15, -0.1) is 11.8 Å². The lowest BCUT2D eigenvalue weighted by Crippen LogP contribution is -2.38. The van der Waals surface area contributed by atoms with Crippen LogP contribution < -0.4 is 14.4 Å². The molecule has 4 rings (SSSR count). The summed E-state index contributed by atoms with van der Waals surface area (Å²) in [6.07, 6.45) is 1.92. The van der Waals surface area contributed by atoms with Gasteiger partial charge in [-0.3, -0.25) is 9.10 Å². The quantitative estimate of drug-likeness (QED) is 0.202. The van der Waals surface area contributed by atoms with E-state index in [1.807, 2.05) is 61.7 Å². The third-order valence-electron chi connectivity index (χ3n) is 5.50. The first kappa shape index (κ1) is 27.6. The van der Waals surface area contributed by atoms with Crippen LogP contribution in [0.15, 0.2) is 123 Å². The first-order chi connectivity index (χ1) is 18.4. The lowest BCUT2D eigenvalue weighted by molar-refractivity contribution is -0.114. The molecule has 0 atom stereocenters. The molecule has 1 amide bonds. The second kappa shape index (κ2) is 12.9. The number of carbonyl (C=O) groups is 1. The Kier molecular flexibility index (Phi) is 9.38. The zero-order valence-corrected chi connectivity index (χ0v) is 23.5.